The monoisotopic (exact) mass is 312 g/mol. The van der Waals surface area contributed by atoms with Crippen molar-refractivity contribution in [2.45, 2.75) is 78.4 Å². The van der Waals surface area contributed by atoms with Crippen LogP contribution in [0.4, 0.5) is 0 Å². The van der Waals surface area contributed by atoms with Crippen molar-refractivity contribution in [3.05, 3.63) is 23.3 Å². The Morgan fingerprint density at radius 1 is 1.05 bits per heavy atom. The fraction of sp³-hybridized carbons (Fsp3) is 0.778. The molecule has 0 aliphatic carbocycles. The van der Waals surface area contributed by atoms with Crippen molar-refractivity contribution in [2.24, 2.45) is 0 Å². The molecule has 0 aromatic rings. The second-order valence-electron chi connectivity index (χ2n) is 7.55. The van der Waals surface area contributed by atoms with Crippen LogP contribution in [0, 0.1) is 0 Å². The standard InChI is InChI=1S/C18H36O2Si/c1-16(11-8-9-14-19)12-10-13-17(2)15-20-21(6,7)18(3,4)5/h11,13,19H,8-10,12,14-15H2,1-7H3. The molecule has 0 atom stereocenters. The molecule has 1 N–H and O–H groups in total. The van der Waals surface area contributed by atoms with Crippen molar-refractivity contribution in [1.82, 2.24) is 0 Å². The molecule has 0 aliphatic rings. The average molecular weight is 313 g/mol. The van der Waals surface area contributed by atoms with E-state index >= 15 is 0 Å². The summed E-state index contributed by atoms with van der Waals surface area (Å²) in [5.41, 5.74) is 2.75. The molecule has 0 bridgehead atoms. The predicted molar refractivity (Wildman–Crippen MR) is 96.2 cm³/mol. The van der Waals surface area contributed by atoms with Crippen LogP contribution in [0.1, 0.15) is 60.3 Å². The van der Waals surface area contributed by atoms with Gasteiger partial charge in [0.05, 0.1) is 6.61 Å². The van der Waals surface area contributed by atoms with Gasteiger partial charge in [0.15, 0.2) is 8.32 Å². The van der Waals surface area contributed by atoms with Crippen LogP contribution >= 0.6 is 0 Å². The largest absolute Gasteiger partial charge is 0.413 e. The molecule has 0 unspecified atom stereocenters. The predicted octanol–water partition coefficient (Wildman–Crippen LogP) is 5.45. The highest BCUT2D eigenvalue weighted by Gasteiger charge is 2.36. The summed E-state index contributed by atoms with van der Waals surface area (Å²) in [6.45, 7) is 16.8. The normalized spacial score (nSPS) is 14.7. The molecule has 0 spiro atoms. The van der Waals surface area contributed by atoms with E-state index in [1.54, 1.807) is 0 Å². The first-order chi connectivity index (χ1) is 9.60. The van der Waals surface area contributed by atoms with E-state index in [1.807, 2.05) is 0 Å². The van der Waals surface area contributed by atoms with Crippen LogP contribution in [-0.2, 0) is 4.43 Å². The van der Waals surface area contributed by atoms with Gasteiger partial charge in [-0.15, -0.1) is 0 Å². The van der Waals surface area contributed by atoms with E-state index in [0.717, 1.165) is 32.3 Å². The van der Waals surface area contributed by atoms with Crippen LogP contribution in [0.5, 0.6) is 0 Å². The number of hydrogen-bond acceptors (Lipinski definition) is 2. The highest BCUT2D eigenvalue weighted by Crippen LogP contribution is 2.36. The Morgan fingerprint density at radius 3 is 2.14 bits per heavy atom. The summed E-state index contributed by atoms with van der Waals surface area (Å²) in [6.07, 6.45) is 8.57. The lowest BCUT2D eigenvalue weighted by atomic mass is 10.1. The first kappa shape index (κ1) is 20.6. The topological polar surface area (TPSA) is 29.5 Å². The summed E-state index contributed by atoms with van der Waals surface area (Å²) in [5, 5.41) is 9.04. The molecule has 21 heavy (non-hydrogen) atoms. The van der Waals surface area contributed by atoms with Crippen molar-refractivity contribution < 1.29 is 9.53 Å². The maximum absolute atomic E-state index is 8.76. The molecule has 0 aromatic carbocycles. The minimum atomic E-state index is -1.63. The van der Waals surface area contributed by atoms with Gasteiger partial charge in [0.25, 0.3) is 0 Å². The number of hydrogen-bond donors (Lipinski definition) is 1. The Labute approximate surface area is 133 Å². The molecule has 3 heteroatoms. The van der Waals surface area contributed by atoms with Gasteiger partial charge in [0.2, 0.25) is 0 Å². The fourth-order valence-electron chi connectivity index (χ4n) is 1.66. The lowest BCUT2D eigenvalue weighted by Crippen LogP contribution is -2.41. The van der Waals surface area contributed by atoms with Gasteiger partial charge in [-0.3, -0.25) is 0 Å². The minimum Gasteiger partial charge on any atom is -0.413 e. The van der Waals surface area contributed by atoms with Crippen molar-refractivity contribution in [3.63, 3.8) is 0 Å². The third-order valence-corrected chi connectivity index (χ3v) is 8.83. The van der Waals surface area contributed by atoms with Gasteiger partial charge in [-0.05, 0) is 57.7 Å². The maximum atomic E-state index is 8.76. The van der Waals surface area contributed by atoms with Crippen LogP contribution in [0.25, 0.3) is 0 Å². The molecule has 2 nitrogen and oxygen atoms in total. The first-order valence-electron chi connectivity index (χ1n) is 8.16. The van der Waals surface area contributed by atoms with Gasteiger partial charge in [-0.2, -0.15) is 0 Å². The Kier molecular flexibility index (Phi) is 9.42. The molecule has 0 aromatic heterocycles. The van der Waals surface area contributed by atoms with E-state index in [2.05, 4.69) is 59.9 Å². The third-order valence-electron chi connectivity index (χ3n) is 4.35. The van der Waals surface area contributed by atoms with Crippen LogP contribution in [-0.4, -0.2) is 26.6 Å². The molecular formula is C18H36O2Si. The Balaban J connectivity index is 4.13. The van der Waals surface area contributed by atoms with Gasteiger partial charge < -0.3 is 9.53 Å². The zero-order valence-corrected chi connectivity index (χ0v) is 16.3. The number of rotatable bonds is 9. The van der Waals surface area contributed by atoms with Gasteiger partial charge in [-0.25, -0.2) is 0 Å². The highest BCUT2D eigenvalue weighted by molar-refractivity contribution is 6.74. The van der Waals surface area contributed by atoms with Crippen LogP contribution in [0.3, 0.4) is 0 Å². The van der Waals surface area contributed by atoms with Crippen LogP contribution in [0.15, 0.2) is 23.3 Å². The second-order valence-corrected chi connectivity index (χ2v) is 12.4. The molecule has 0 aliphatic heterocycles. The second kappa shape index (κ2) is 9.60. The smallest absolute Gasteiger partial charge is 0.192 e. The molecule has 0 saturated heterocycles. The van der Waals surface area contributed by atoms with E-state index in [4.69, 9.17) is 9.53 Å². The number of aliphatic hydroxyl groups excluding tert-OH is 1. The summed E-state index contributed by atoms with van der Waals surface area (Å²) >= 11 is 0. The number of unbranched alkanes of at least 4 members (excludes halogenated alkanes) is 1. The molecule has 0 heterocycles. The Bertz CT molecular complexity index is 349. The van der Waals surface area contributed by atoms with Gasteiger partial charge in [0.1, 0.15) is 0 Å². The molecule has 0 amide bonds. The summed E-state index contributed by atoms with van der Waals surface area (Å²) in [5.74, 6) is 0. The lowest BCUT2D eigenvalue weighted by Gasteiger charge is -2.36. The average Bonchev–Trinajstić information content (AvgIpc) is 2.35. The minimum absolute atomic E-state index is 0.277. The van der Waals surface area contributed by atoms with Crippen molar-refractivity contribution in [3.8, 4) is 0 Å². The van der Waals surface area contributed by atoms with Crippen molar-refractivity contribution in [2.75, 3.05) is 13.2 Å². The summed E-state index contributed by atoms with van der Waals surface area (Å²) in [7, 11) is -1.63. The van der Waals surface area contributed by atoms with Gasteiger partial charge >= 0.3 is 0 Å². The lowest BCUT2D eigenvalue weighted by molar-refractivity contribution is 0.289. The maximum Gasteiger partial charge on any atom is 0.192 e. The Morgan fingerprint density at radius 2 is 1.62 bits per heavy atom. The molecule has 124 valence electrons. The summed E-state index contributed by atoms with van der Waals surface area (Å²) in [4.78, 5) is 0. The fourth-order valence-corrected chi connectivity index (χ4v) is 2.68. The van der Waals surface area contributed by atoms with Crippen molar-refractivity contribution >= 4 is 8.32 Å². The highest BCUT2D eigenvalue weighted by atomic mass is 28.4. The zero-order chi connectivity index (χ0) is 16.5. The molecule has 0 fully saturated rings. The zero-order valence-electron chi connectivity index (χ0n) is 15.3. The molecular weight excluding hydrogens is 276 g/mol. The molecule has 0 rings (SSSR count). The Hall–Kier alpha value is -0.383. The summed E-state index contributed by atoms with van der Waals surface area (Å²) < 4.78 is 6.22. The first-order valence-corrected chi connectivity index (χ1v) is 11.1. The molecule has 0 radical (unpaired) electrons. The third kappa shape index (κ3) is 9.28. The van der Waals surface area contributed by atoms with E-state index in [0.29, 0.717) is 0 Å². The molecule has 0 saturated carbocycles. The van der Waals surface area contributed by atoms with Crippen LogP contribution in [0.2, 0.25) is 18.1 Å². The van der Waals surface area contributed by atoms with E-state index < -0.39 is 8.32 Å². The van der Waals surface area contributed by atoms with E-state index in [-0.39, 0.29) is 11.6 Å². The van der Waals surface area contributed by atoms with E-state index in [1.165, 1.54) is 11.1 Å². The quantitative estimate of drug-likeness (QED) is 0.348. The van der Waals surface area contributed by atoms with Crippen molar-refractivity contribution in [1.29, 1.82) is 0 Å². The SMILES string of the molecule is CC(=CCCCO)CCC=C(C)CO[Si](C)(C)C(C)(C)C. The van der Waals surface area contributed by atoms with Crippen LogP contribution < -0.4 is 0 Å². The van der Waals surface area contributed by atoms with Gasteiger partial charge in [0, 0.05) is 6.61 Å². The number of allylic oxidation sites excluding steroid dienone is 3. The van der Waals surface area contributed by atoms with E-state index in [9.17, 15) is 0 Å². The van der Waals surface area contributed by atoms with Gasteiger partial charge in [-0.1, -0.05) is 44.1 Å². The number of aliphatic hydroxyl groups is 1. The summed E-state index contributed by atoms with van der Waals surface area (Å²) in [6, 6.07) is 0.